The van der Waals surface area contributed by atoms with Gasteiger partial charge in [0, 0.05) is 11.8 Å². The maximum atomic E-state index is 12.9. The third-order valence-corrected chi connectivity index (χ3v) is 3.08. The van der Waals surface area contributed by atoms with Crippen LogP contribution in [0.15, 0.2) is 41.6 Å². The van der Waals surface area contributed by atoms with Crippen molar-refractivity contribution in [1.29, 1.82) is 0 Å². The second-order valence-electron chi connectivity index (χ2n) is 3.50. The second-order valence-corrected chi connectivity index (χ2v) is 4.49. The summed E-state index contributed by atoms with van der Waals surface area (Å²) >= 11 is 1.40. The van der Waals surface area contributed by atoms with Crippen LogP contribution in [0.25, 0.3) is 0 Å². The van der Waals surface area contributed by atoms with Crippen LogP contribution in [0.3, 0.4) is 0 Å². The number of benzene rings is 1. The van der Waals surface area contributed by atoms with E-state index in [1.165, 1.54) is 23.9 Å². The van der Waals surface area contributed by atoms with Gasteiger partial charge in [0.1, 0.15) is 11.6 Å². The SMILES string of the molecule is Nc1ccc(SCc2cc(F)cc(F)c2)nc1. The van der Waals surface area contributed by atoms with Crippen molar-refractivity contribution in [3.63, 3.8) is 0 Å². The van der Waals surface area contributed by atoms with Crippen molar-refractivity contribution < 1.29 is 8.78 Å². The van der Waals surface area contributed by atoms with Crippen molar-refractivity contribution in [3.05, 3.63) is 53.7 Å². The average molecular weight is 252 g/mol. The molecule has 1 aromatic heterocycles. The minimum atomic E-state index is -0.564. The van der Waals surface area contributed by atoms with E-state index >= 15 is 0 Å². The van der Waals surface area contributed by atoms with Crippen LogP contribution in [0.2, 0.25) is 0 Å². The first-order valence-corrected chi connectivity index (χ1v) is 5.91. The van der Waals surface area contributed by atoms with Gasteiger partial charge in [-0.3, -0.25) is 0 Å². The standard InChI is InChI=1S/C12H10F2N2S/c13-9-3-8(4-10(14)5-9)7-17-12-2-1-11(15)6-16-12/h1-6H,7,15H2. The van der Waals surface area contributed by atoms with Gasteiger partial charge in [0.2, 0.25) is 0 Å². The maximum Gasteiger partial charge on any atom is 0.126 e. The zero-order chi connectivity index (χ0) is 12.3. The summed E-state index contributed by atoms with van der Waals surface area (Å²) in [5.41, 5.74) is 6.68. The Labute approximate surface area is 102 Å². The molecule has 0 amide bonds. The topological polar surface area (TPSA) is 38.9 Å². The molecule has 88 valence electrons. The number of anilines is 1. The van der Waals surface area contributed by atoms with Gasteiger partial charge in [-0.15, -0.1) is 11.8 Å². The van der Waals surface area contributed by atoms with E-state index in [0.717, 1.165) is 11.1 Å². The lowest BCUT2D eigenvalue weighted by atomic mass is 10.2. The lowest BCUT2D eigenvalue weighted by Gasteiger charge is -2.02. The largest absolute Gasteiger partial charge is 0.397 e. The number of nitrogen functional groups attached to an aromatic ring is 1. The summed E-state index contributed by atoms with van der Waals surface area (Å²) in [5, 5.41) is 0.767. The highest BCUT2D eigenvalue weighted by molar-refractivity contribution is 7.98. The van der Waals surface area contributed by atoms with Crippen LogP contribution >= 0.6 is 11.8 Å². The number of nitrogens with zero attached hydrogens (tertiary/aromatic N) is 1. The molecule has 0 aliphatic rings. The molecule has 0 spiro atoms. The molecule has 0 atom stereocenters. The molecule has 0 aliphatic heterocycles. The first kappa shape index (κ1) is 11.9. The molecular formula is C12H10F2N2S. The fourth-order valence-corrected chi connectivity index (χ4v) is 2.10. The van der Waals surface area contributed by atoms with Gasteiger partial charge in [-0.05, 0) is 29.8 Å². The normalized spacial score (nSPS) is 10.5. The molecule has 0 saturated carbocycles. The number of hydrogen-bond donors (Lipinski definition) is 1. The summed E-state index contributed by atoms with van der Waals surface area (Å²) in [6, 6.07) is 6.99. The molecule has 2 rings (SSSR count). The number of nitrogens with two attached hydrogens (primary N) is 1. The zero-order valence-corrected chi connectivity index (χ0v) is 9.68. The lowest BCUT2D eigenvalue weighted by Crippen LogP contribution is -1.89. The van der Waals surface area contributed by atoms with Crippen molar-refractivity contribution in [2.45, 2.75) is 10.8 Å². The van der Waals surface area contributed by atoms with Crippen molar-refractivity contribution >= 4 is 17.4 Å². The summed E-state index contributed by atoms with van der Waals surface area (Å²) in [6.07, 6.45) is 1.55. The Hall–Kier alpha value is -1.62. The Bertz CT molecular complexity index is 494. The molecule has 0 aliphatic carbocycles. The second kappa shape index (κ2) is 5.14. The van der Waals surface area contributed by atoms with E-state index in [2.05, 4.69) is 4.98 Å². The first-order chi connectivity index (χ1) is 8.13. The van der Waals surface area contributed by atoms with Crippen molar-refractivity contribution in [3.8, 4) is 0 Å². The van der Waals surface area contributed by atoms with Gasteiger partial charge in [-0.1, -0.05) is 0 Å². The Morgan fingerprint density at radius 2 is 1.82 bits per heavy atom. The predicted molar refractivity (Wildman–Crippen MR) is 64.6 cm³/mol. The van der Waals surface area contributed by atoms with E-state index in [4.69, 9.17) is 5.73 Å². The number of thioether (sulfide) groups is 1. The van der Waals surface area contributed by atoms with Gasteiger partial charge in [0.25, 0.3) is 0 Å². The molecule has 1 aromatic carbocycles. The molecule has 5 heteroatoms. The monoisotopic (exact) mass is 252 g/mol. The summed E-state index contributed by atoms with van der Waals surface area (Å²) in [6.45, 7) is 0. The molecule has 0 bridgehead atoms. The fraction of sp³-hybridized carbons (Fsp3) is 0.0833. The molecule has 2 N–H and O–H groups in total. The number of halogens is 2. The predicted octanol–water partition coefficient (Wildman–Crippen LogP) is 3.23. The minimum absolute atomic E-state index is 0.464. The van der Waals surface area contributed by atoms with E-state index in [1.807, 2.05) is 0 Å². The van der Waals surface area contributed by atoms with E-state index in [1.54, 1.807) is 18.3 Å². The average Bonchev–Trinajstić information content (AvgIpc) is 2.27. The molecule has 0 saturated heterocycles. The van der Waals surface area contributed by atoms with Crippen molar-refractivity contribution in [2.75, 3.05) is 5.73 Å². The smallest absolute Gasteiger partial charge is 0.126 e. The number of pyridine rings is 1. The number of aromatic nitrogens is 1. The van der Waals surface area contributed by atoms with Crippen LogP contribution < -0.4 is 5.73 Å². The lowest BCUT2D eigenvalue weighted by molar-refractivity contribution is 0.581. The Morgan fingerprint density at radius 1 is 1.12 bits per heavy atom. The molecule has 0 radical (unpaired) electrons. The molecule has 0 unspecified atom stereocenters. The van der Waals surface area contributed by atoms with Gasteiger partial charge in [-0.25, -0.2) is 13.8 Å². The van der Waals surface area contributed by atoms with Gasteiger partial charge in [-0.2, -0.15) is 0 Å². The van der Waals surface area contributed by atoms with Gasteiger partial charge >= 0.3 is 0 Å². The maximum absolute atomic E-state index is 12.9. The van der Waals surface area contributed by atoms with Crippen LogP contribution in [0, 0.1) is 11.6 Å². The summed E-state index contributed by atoms with van der Waals surface area (Å²) in [7, 11) is 0. The van der Waals surface area contributed by atoms with Gasteiger partial charge in [0.15, 0.2) is 0 Å². The Kier molecular flexibility index (Phi) is 3.58. The van der Waals surface area contributed by atoms with E-state index in [0.29, 0.717) is 17.0 Å². The summed E-state index contributed by atoms with van der Waals surface area (Å²) in [5.74, 6) is -0.664. The van der Waals surface area contributed by atoms with Crippen LogP contribution in [0.1, 0.15) is 5.56 Å². The molecule has 17 heavy (non-hydrogen) atoms. The van der Waals surface area contributed by atoms with E-state index in [9.17, 15) is 8.78 Å². The van der Waals surface area contributed by atoms with Gasteiger partial charge < -0.3 is 5.73 Å². The molecule has 2 nitrogen and oxygen atoms in total. The minimum Gasteiger partial charge on any atom is -0.397 e. The zero-order valence-electron chi connectivity index (χ0n) is 8.86. The Balaban J connectivity index is 2.04. The fourth-order valence-electron chi connectivity index (χ4n) is 1.33. The number of rotatable bonds is 3. The molecule has 2 aromatic rings. The van der Waals surface area contributed by atoms with Crippen LogP contribution in [0.4, 0.5) is 14.5 Å². The van der Waals surface area contributed by atoms with Crippen LogP contribution in [-0.2, 0) is 5.75 Å². The highest BCUT2D eigenvalue weighted by Gasteiger charge is 2.02. The molecule has 1 heterocycles. The highest BCUT2D eigenvalue weighted by Crippen LogP contribution is 2.22. The van der Waals surface area contributed by atoms with Crippen LogP contribution in [0.5, 0.6) is 0 Å². The van der Waals surface area contributed by atoms with Crippen LogP contribution in [-0.4, -0.2) is 4.98 Å². The van der Waals surface area contributed by atoms with Gasteiger partial charge in [0.05, 0.1) is 16.9 Å². The first-order valence-electron chi connectivity index (χ1n) is 4.93. The third-order valence-electron chi connectivity index (χ3n) is 2.07. The Morgan fingerprint density at radius 3 is 2.41 bits per heavy atom. The third kappa shape index (κ3) is 3.42. The molecular weight excluding hydrogens is 242 g/mol. The molecule has 0 fully saturated rings. The quantitative estimate of drug-likeness (QED) is 0.852. The van der Waals surface area contributed by atoms with E-state index < -0.39 is 11.6 Å². The highest BCUT2D eigenvalue weighted by atomic mass is 32.2. The van der Waals surface area contributed by atoms with E-state index in [-0.39, 0.29) is 0 Å². The summed E-state index contributed by atoms with van der Waals surface area (Å²) < 4.78 is 25.9. The number of hydrogen-bond acceptors (Lipinski definition) is 3. The van der Waals surface area contributed by atoms with Crippen molar-refractivity contribution in [2.24, 2.45) is 0 Å². The van der Waals surface area contributed by atoms with Crippen molar-refractivity contribution in [1.82, 2.24) is 4.98 Å². The summed E-state index contributed by atoms with van der Waals surface area (Å²) in [4.78, 5) is 4.09.